The normalized spacial score (nSPS) is 28.3. The van der Waals surface area contributed by atoms with Crippen molar-refractivity contribution in [3.63, 3.8) is 0 Å². The third kappa shape index (κ3) is 3.92. The standard InChI is InChI=1S/C13H18N4O4S.ClH/c18-11-8-14-6-9(11)7-15-13(19)10-2-1-3-17-4-5-22(20,21)16-12(10)17;/h1-3,9,11,14,18H,4-8H2,(H,15,19);1H. The van der Waals surface area contributed by atoms with Crippen molar-refractivity contribution in [2.75, 3.05) is 31.9 Å². The second-order valence-corrected chi connectivity index (χ2v) is 7.27. The number of carbonyl (C=O) groups is 1. The fourth-order valence-electron chi connectivity index (χ4n) is 2.64. The van der Waals surface area contributed by atoms with E-state index in [1.54, 1.807) is 23.3 Å². The number of sulfonamides is 1. The van der Waals surface area contributed by atoms with Gasteiger partial charge >= 0.3 is 0 Å². The molecule has 3 aliphatic heterocycles. The number of carbonyl (C=O) groups excluding carboxylic acids is 1. The van der Waals surface area contributed by atoms with Gasteiger partial charge in [-0.3, -0.25) is 4.79 Å². The summed E-state index contributed by atoms with van der Waals surface area (Å²) in [4.78, 5) is 14.0. The third-order valence-electron chi connectivity index (χ3n) is 3.93. The van der Waals surface area contributed by atoms with E-state index in [-0.39, 0.29) is 47.9 Å². The van der Waals surface area contributed by atoms with E-state index in [9.17, 15) is 18.3 Å². The second kappa shape index (κ2) is 7.00. The lowest BCUT2D eigenvalue weighted by molar-refractivity contribution is -0.117. The molecule has 3 heterocycles. The van der Waals surface area contributed by atoms with E-state index >= 15 is 0 Å². The molecule has 0 aromatic heterocycles. The van der Waals surface area contributed by atoms with Gasteiger partial charge in [-0.2, -0.15) is 0 Å². The van der Waals surface area contributed by atoms with Crippen LogP contribution >= 0.6 is 12.4 Å². The first kappa shape index (κ1) is 17.9. The summed E-state index contributed by atoms with van der Waals surface area (Å²) in [6.45, 7) is 1.77. The molecule has 0 aromatic rings. The van der Waals surface area contributed by atoms with Crippen molar-refractivity contribution in [3.8, 4) is 0 Å². The van der Waals surface area contributed by atoms with E-state index in [4.69, 9.17) is 0 Å². The van der Waals surface area contributed by atoms with Crippen LogP contribution in [0.2, 0.25) is 0 Å². The van der Waals surface area contributed by atoms with Gasteiger partial charge in [0.25, 0.3) is 15.9 Å². The average Bonchev–Trinajstić information content (AvgIpc) is 2.88. The Bertz CT molecular complexity index is 673. The zero-order valence-electron chi connectivity index (χ0n) is 12.3. The summed E-state index contributed by atoms with van der Waals surface area (Å²) < 4.78 is 27.0. The van der Waals surface area contributed by atoms with Gasteiger partial charge in [0.1, 0.15) is 0 Å². The highest BCUT2D eigenvalue weighted by Gasteiger charge is 2.31. The first-order valence-corrected chi connectivity index (χ1v) is 8.72. The molecule has 1 fully saturated rings. The van der Waals surface area contributed by atoms with Crippen molar-refractivity contribution >= 4 is 34.2 Å². The van der Waals surface area contributed by atoms with Gasteiger partial charge in [0.05, 0.1) is 17.4 Å². The lowest BCUT2D eigenvalue weighted by atomic mass is 10.1. The molecule has 2 atom stereocenters. The number of fused-ring (bicyclic) bond motifs is 1. The number of rotatable bonds is 3. The van der Waals surface area contributed by atoms with Crippen LogP contribution in [0.15, 0.2) is 28.3 Å². The maximum Gasteiger partial charge on any atom is 0.256 e. The lowest BCUT2D eigenvalue weighted by Gasteiger charge is -2.28. The maximum atomic E-state index is 12.3. The summed E-state index contributed by atoms with van der Waals surface area (Å²) in [6.07, 6.45) is 4.46. The summed E-state index contributed by atoms with van der Waals surface area (Å²) in [5, 5.41) is 15.5. The number of amidine groups is 1. The van der Waals surface area contributed by atoms with Crippen LogP contribution < -0.4 is 10.6 Å². The number of aliphatic hydroxyl groups is 1. The predicted octanol–water partition coefficient (Wildman–Crippen LogP) is -1.40. The number of hydrogen-bond acceptors (Lipinski definition) is 6. The molecule has 1 saturated heterocycles. The minimum absolute atomic E-state index is 0. The Labute approximate surface area is 140 Å². The van der Waals surface area contributed by atoms with Gasteiger partial charge in [-0.15, -0.1) is 16.8 Å². The van der Waals surface area contributed by atoms with Crippen molar-refractivity contribution in [2.45, 2.75) is 6.10 Å². The molecule has 0 bridgehead atoms. The fraction of sp³-hybridized carbons (Fsp3) is 0.538. The molecule has 3 rings (SSSR count). The maximum absolute atomic E-state index is 12.3. The number of nitrogens with zero attached hydrogens (tertiary/aromatic N) is 2. The van der Waals surface area contributed by atoms with E-state index < -0.39 is 16.1 Å². The van der Waals surface area contributed by atoms with Gasteiger partial charge in [-0.1, -0.05) is 0 Å². The van der Waals surface area contributed by atoms with Crippen LogP contribution in [-0.4, -0.2) is 68.2 Å². The summed E-state index contributed by atoms with van der Waals surface area (Å²) in [7, 11) is -3.52. The van der Waals surface area contributed by atoms with Crippen LogP contribution in [0.3, 0.4) is 0 Å². The van der Waals surface area contributed by atoms with Gasteiger partial charge < -0.3 is 20.6 Å². The van der Waals surface area contributed by atoms with Crippen molar-refractivity contribution < 1.29 is 18.3 Å². The van der Waals surface area contributed by atoms with Gasteiger partial charge in [0.2, 0.25) is 0 Å². The number of aliphatic hydroxyl groups excluding tert-OH is 1. The number of nitrogens with one attached hydrogen (secondary N) is 2. The molecule has 128 valence electrons. The number of halogens is 1. The Morgan fingerprint density at radius 1 is 1.48 bits per heavy atom. The van der Waals surface area contributed by atoms with Crippen molar-refractivity contribution in [1.29, 1.82) is 0 Å². The van der Waals surface area contributed by atoms with Crippen LogP contribution in [0.5, 0.6) is 0 Å². The van der Waals surface area contributed by atoms with Gasteiger partial charge in [0, 0.05) is 38.3 Å². The molecule has 10 heteroatoms. The molecular formula is C13H19ClN4O4S. The smallest absolute Gasteiger partial charge is 0.256 e. The monoisotopic (exact) mass is 362 g/mol. The molecule has 8 nitrogen and oxygen atoms in total. The average molecular weight is 363 g/mol. The van der Waals surface area contributed by atoms with E-state index in [0.29, 0.717) is 19.6 Å². The summed E-state index contributed by atoms with van der Waals surface area (Å²) in [5.41, 5.74) is 0.228. The molecule has 23 heavy (non-hydrogen) atoms. The van der Waals surface area contributed by atoms with Crippen LogP contribution in [0, 0.1) is 5.92 Å². The molecular weight excluding hydrogens is 344 g/mol. The molecule has 0 radical (unpaired) electrons. The molecule has 3 N–H and O–H groups in total. The quantitative estimate of drug-likeness (QED) is 0.569. The van der Waals surface area contributed by atoms with Crippen LogP contribution in [0.4, 0.5) is 0 Å². The minimum atomic E-state index is -3.52. The molecule has 0 saturated carbocycles. The number of amides is 1. The Kier molecular flexibility index (Phi) is 5.45. The first-order chi connectivity index (χ1) is 10.5. The Morgan fingerprint density at radius 2 is 2.26 bits per heavy atom. The fourth-order valence-corrected chi connectivity index (χ4v) is 3.63. The highest BCUT2D eigenvalue weighted by Crippen LogP contribution is 2.18. The predicted molar refractivity (Wildman–Crippen MR) is 87.8 cm³/mol. The molecule has 2 unspecified atom stereocenters. The number of allylic oxidation sites excluding steroid dienone is 2. The number of hydrogen-bond donors (Lipinski definition) is 3. The van der Waals surface area contributed by atoms with Crippen LogP contribution in [0.25, 0.3) is 0 Å². The molecule has 3 aliphatic rings. The highest BCUT2D eigenvalue weighted by molar-refractivity contribution is 7.90. The Balaban J connectivity index is 0.00000192. The van der Waals surface area contributed by atoms with E-state index in [2.05, 4.69) is 15.0 Å². The third-order valence-corrected chi connectivity index (χ3v) is 5.08. The second-order valence-electron chi connectivity index (χ2n) is 5.51. The molecule has 0 spiro atoms. The molecule has 0 aliphatic carbocycles. The largest absolute Gasteiger partial charge is 0.391 e. The minimum Gasteiger partial charge on any atom is -0.391 e. The van der Waals surface area contributed by atoms with Crippen molar-refractivity contribution in [2.24, 2.45) is 10.3 Å². The summed E-state index contributed by atoms with van der Waals surface area (Å²) in [5.74, 6) is -0.326. The molecule has 1 amide bonds. The zero-order chi connectivity index (χ0) is 15.7. The Hall–Kier alpha value is -1.42. The Morgan fingerprint density at radius 3 is 2.96 bits per heavy atom. The van der Waals surface area contributed by atoms with Gasteiger partial charge in [-0.25, -0.2) is 8.42 Å². The first-order valence-electron chi connectivity index (χ1n) is 7.11. The van der Waals surface area contributed by atoms with Gasteiger partial charge in [0.15, 0.2) is 5.84 Å². The lowest BCUT2D eigenvalue weighted by Crippen LogP contribution is -2.43. The molecule has 0 aromatic carbocycles. The zero-order valence-corrected chi connectivity index (χ0v) is 13.9. The van der Waals surface area contributed by atoms with Crippen molar-refractivity contribution in [3.05, 3.63) is 23.9 Å². The van der Waals surface area contributed by atoms with Crippen molar-refractivity contribution in [1.82, 2.24) is 15.5 Å². The van der Waals surface area contributed by atoms with E-state index in [0.717, 1.165) is 0 Å². The van der Waals surface area contributed by atoms with E-state index in [1.165, 1.54) is 0 Å². The van der Waals surface area contributed by atoms with E-state index in [1.807, 2.05) is 0 Å². The van der Waals surface area contributed by atoms with Crippen LogP contribution in [-0.2, 0) is 14.8 Å². The van der Waals surface area contributed by atoms with Crippen LogP contribution in [0.1, 0.15) is 0 Å². The summed E-state index contributed by atoms with van der Waals surface area (Å²) in [6, 6.07) is 0. The SMILES string of the molecule is Cl.O=C(NCC1CNCC1O)C1=CC=CN2CCS(=O)(=O)N=C12. The van der Waals surface area contributed by atoms with Gasteiger partial charge in [-0.05, 0) is 12.2 Å². The summed E-state index contributed by atoms with van der Waals surface area (Å²) >= 11 is 0. The topological polar surface area (TPSA) is 111 Å². The number of β-amino-alcohol motifs (C(OH)–C–C–N with tert-alkyl or cyclic N) is 1. The highest BCUT2D eigenvalue weighted by atomic mass is 35.5.